The molecule has 8 nitrogen and oxygen atoms in total. The van der Waals surface area contributed by atoms with E-state index in [-0.39, 0.29) is 48.6 Å². The molecule has 0 aliphatic heterocycles. The van der Waals surface area contributed by atoms with E-state index in [2.05, 4.69) is 0 Å². The van der Waals surface area contributed by atoms with Gasteiger partial charge in [-0.05, 0) is 49.7 Å². The van der Waals surface area contributed by atoms with Crippen molar-refractivity contribution in [3.05, 3.63) is 23.8 Å². The van der Waals surface area contributed by atoms with E-state index < -0.39 is 47.4 Å². The first-order valence-corrected chi connectivity index (χ1v) is 12.0. The zero-order valence-corrected chi connectivity index (χ0v) is 19.9. The monoisotopic (exact) mass is 472 g/mol. The predicted octanol–water partition coefficient (Wildman–Crippen LogP) is 2.27. The quantitative estimate of drug-likeness (QED) is 0.584. The zero-order valence-electron chi connectivity index (χ0n) is 19.9. The number of ether oxygens (including phenoxy) is 2. The molecule has 0 saturated heterocycles. The maximum absolute atomic E-state index is 13.6. The summed E-state index contributed by atoms with van der Waals surface area (Å²) in [4.78, 5) is 61.7. The van der Waals surface area contributed by atoms with Gasteiger partial charge in [0, 0.05) is 29.6 Å². The Morgan fingerprint density at radius 3 is 2.50 bits per heavy atom. The molecule has 1 N–H and O–H groups in total. The highest BCUT2D eigenvalue weighted by Gasteiger charge is 2.68. The number of Topliss-reactive ketones (excluding diaryl/α,β-unsaturated/α-hetero) is 2. The van der Waals surface area contributed by atoms with Crippen molar-refractivity contribution >= 4 is 29.3 Å². The fraction of sp³-hybridized carbons (Fsp3) is 0.654. The highest BCUT2D eigenvalue weighted by Crippen LogP contribution is 2.66. The van der Waals surface area contributed by atoms with Crippen LogP contribution < -0.4 is 0 Å². The van der Waals surface area contributed by atoms with Gasteiger partial charge >= 0.3 is 11.9 Å². The molecule has 0 aromatic carbocycles. The van der Waals surface area contributed by atoms with E-state index in [9.17, 15) is 29.1 Å². The van der Waals surface area contributed by atoms with Crippen molar-refractivity contribution in [2.24, 2.45) is 28.6 Å². The lowest BCUT2D eigenvalue weighted by molar-refractivity contribution is -0.174. The van der Waals surface area contributed by atoms with Gasteiger partial charge in [0.25, 0.3) is 0 Å². The van der Waals surface area contributed by atoms with E-state index in [4.69, 9.17) is 9.47 Å². The molecule has 4 aliphatic carbocycles. The van der Waals surface area contributed by atoms with Crippen molar-refractivity contribution in [2.45, 2.75) is 64.9 Å². The number of hydrogen-bond donors (Lipinski definition) is 1. The van der Waals surface area contributed by atoms with Gasteiger partial charge in [-0.1, -0.05) is 32.4 Å². The molecule has 3 saturated carbocycles. The molecule has 34 heavy (non-hydrogen) atoms. The number of esters is 2. The van der Waals surface area contributed by atoms with Crippen LogP contribution in [0.4, 0.5) is 0 Å². The van der Waals surface area contributed by atoms with Crippen LogP contribution in [0.1, 0.15) is 59.3 Å². The third kappa shape index (κ3) is 3.67. The SMILES string of the molecule is CCC(=O)OCC(=O)OCC(=O)[C@@]1(O)CC[C@H]2[C@@H]3CCC4=CC(=O)C=C[C@]4(C)[C@H]3C(=O)C[C@@]21C. The minimum atomic E-state index is -1.78. The normalized spacial score (nSPS) is 38.4. The molecule has 8 heteroatoms. The molecule has 0 unspecified atom stereocenters. The molecule has 0 aromatic heterocycles. The van der Waals surface area contributed by atoms with Crippen molar-refractivity contribution < 1.29 is 38.6 Å². The molecule has 0 amide bonds. The van der Waals surface area contributed by atoms with Crippen LogP contribution in [0.3, 0.4) is 0 Å². The lowest BCUT2D eigenvalue weighted by Gasteiger charge is -2.56. The van der Waals surface area contributed by atoms with Crippen LogP contribution in [0.25, 0.3) is 0 Å². The number of fused-ring (bicyclic) bond motifs is 5. The predicted molar refractivity (Wildman–Crippen MR) is 119 cm³/mol. The number of aliphatic hydroxyl groups is 1. The topological polar surface area (TPSA) is 124 Å². The van der Waals surface area contributed by atoms with Crippen LogP contribution in [-0.4, -0.2) is 53.2 Å². The molecule has 0 heterocycles. The second-order valence-electron chi connectivity index (χ2n) is 10.5. The maximum Gasteiger partial charge on any atom is 0.344 e. The highest BCUT2D eigenvalue weighted by atomic mass is 16.6. The van der Waals surface area contributed by atoms with Crippen LogP contribution in [0.15, 0.2) is 23.8 Å². The van der Waals surface area contributed by atoms with E-state index in [0.717, 1.165) is 12.0 Å². The summed E-state index contributed by atoms with van der Waals surface area (Å²) in [5.74, 6) is -2.47. The van der Waals surface area contributed by atoms with E-state index in [1.807, 2.05) is 13.0 Å². The Kier molecular flexibility index (Phi) is 6.17. The number of rotatable bonds is 6. The van der Waals surface area contributed by atoms with E-state index >= 15 is 0 Å². The largest absolute Gasteiger partial charge is 0.455 e. The number of hydrogen-bond acceptors (Lipinski definition) is 8. The van der Waals surface area contributed by atoms with Crippen molar-refractivity contribution in [3.63, 3.8) is 0 Å². The first-order chi connectivity index (χ1) is 16.0. The summed E-state index contributed by atoms with van der Waals surface area (Å²) in [6, 6.07) is 0. The molecular formula is C26H32O8. The second kappa shape index (κ2) is 8.56. The average molecular weight is 473 g/mol. The molecule has 184 valence electrons. The summed E-state index contributed by atoms with van der Waals surface area (Å²) >= 11 is 0. The number of carbonyl (C=O) groups is 5. The third-order valence-corrected chi connectivity index (χ3v) is 8.87. The van der Waals surface area contributed by atoms with Gasteiger partial charge in [-0.15, -0.1) is 0 Å². The van der Waals surface area contributed by atoms with Crippen LogP contribution in [0.2, 0.25) is 0 Å². The van der Waals surface area contributed by atoms with E-state index in [1.54, 1.807) is 19.9 Å². The molecule has 3 fully saturated rings. The van der Waals surface area contributed by atoms with Crippen LogP contribution in [-0.2, 0) is 33.4 Å². The Morgan fingerprint density at radius 2 is 1.79 bits per heavy atom. The Balaban J connectivity index is 1.51. The third-order valence-electron chi connectivity index (χ3n) is 8.87. The van der Waals surface area contributed by atoms with Crippen molar-refractivity contribution in [1.82, 2.24) is 0 Å². The molecule has 0 bridgehead atoms. The number of ketones is 3. The first kappa shape index (κ1) is 24.5. The van der Waals surface area contributed by atoms with Gasteiger partial charge in [-0.2, -0.15) is 0 Å². The zero-order chi connectivity index (χ0) is 24.9. The van der Waals surface area contributed by atoms with E-state index in [0.29, 0.717) is 12.8 Å². The van der Waals surface area contributed by atoms with Gasteiger partial charge in [0.15, 0.2) is 19.0 Å². The maximum atomic E-state index is 13.6. The van der Waals surface area contributed by atoms with Crippen LogP contribution in [0.5, 0.6) is 0 Å². The van der Waals surface area contributed by atoms with Crippen LogP contribution >= 0.6 is 0 Å². The minimum absolute atomic E-state index is 0.00699. The fourth-order valence-electron chi connectivity index (χ4n) is 7.04. The lowest BCUT2D eigenvalue weighted by atomic mass is 9.46. The Morgan fingerprint density at radius 1 is 1.09 bits per heavy atom. The van der Waals surface area contributed by atoms with Crippen molar-refractivity contribution in [1.29, 1.82) is 0 Å². The summed E-state index contributed by atoms with van der Waals surface area (Å²) in [5.41, 5.74) is -2.28. The Bertz CT molecular complexity index is 1010. The summed E-state index contributed by atoms with van der Waals surface area (Å²) in [5, 5.41) is 11.6. The Hall–Kier alpha value is -2.61. The second-order valence-corrected chi connectivity index (χ2v) is 10.5. The molecule has 0 spiro atoms. The summed E-state index contributed by atoms with van der Waals surface area (Å²) < 4.78 is 9.68. The van der Waals surface area contributed by atoms with Gasteiger partial charge in [-0.25, -0.2) is 4.79 Å². The van der Waals surface area contributed by atoms with Gasteiger partial charge in [0.2, 0.25) is 5.78 Å². The molecule has 4 aliphatic rings. The standard InChI is InChI=1S/C26H32O8/c1-4-21(30)34-14-22(31)33-13-20(29)26(32)10-8-18-17-6-5-15-11-16(27)7-9-24(15,2)23(17)19(28)12-25(18,26)3/h7,9,11,17-18,23,32H,4-6,8,10,12-14H2,1-3H3/t17-,18-,23+,24-,25-,26-/m0/s1. The van der Waals surface area contributed by atoms with Crippen LogP contribution in [0, 0.1) is 28.6 Å². The Labute approximate surface area is 198 Å². The van der Waals surface area contributed by atoms with Gasteiger partial charge in [0.05, 0.1) is 0 Å². The summed E-state index contributed by atoms with van der Waals surface area (Å²) in [7, 11) is 0. The van der Waals surface area contributed by atoms with Crippen molar-refractivity contribution in [3.8, 4) is 0 Å². The molecular weight excluding hydrogens is 440 g/mol. The van der Waals surface area contributed by atoms with Gasteiger partial charge < -0.3 is 14.6 Å². The average Bonchev–Trinajstić information content (AvgIpc) is 3.07. The minimum Gasteiger partial charge on any atom is -0.455 e. The number of allylic oxidation sites excluding steroid dienone is 4. The molecule has 0 radical (unpaired) electrons. The summed E-state index contributed by atoms with van der Waals surface area (Å²) in [6.45, 7) is 4.17. The smallest absolute Gasteiger partial charge is 0.344 e. The van der Waals surface area contributed by atoms with Crippen molar-refractivity contribution in [2.75, 3.05) is 13.2 Å². The van der Waals surface area contributed by atoms with E-state index in [1.165, 1.54) is 6.08 Å². The molecule has 0 aromatic rings. The number of carbonyl (C=O) groups excluding carboxylic acids is 5. The molecule has 6 atom stereocenters. The highest BCUT2D eigenvalue weighted by molar-refractivity contribution is 6.02. The molecule has 4 rings (SSSR count). The fourth-order valence-corrected chi connectivity index (χ4v) is 7.04. The van der Waals surface area contributed by atoms with Gasteiger partial charge in [-0.3, -0.25) is 19.2 Å². The first-order valence-electron chi connectivity index (χ1n) is 12.0. The van der Waals surface area contributed by atoms with Gasteiger partial charge in [0.1, 0.15) is 11.4 Å². The summed E-state index contributed by atoms with van der Waals surface area (Å²) in [6.07, 6.45) is 7.42. The lowest BCUT2D eigenvalue weighted by Crippen LogP contribution is -2.60.